The lowest BCUT2D eigenvalue weighted by Crippen LogP contribution is -2.38. The molecule has 5 nitrogen and oxygen atoms in total. The van der Waals surface area contributed by atoms with Crippen molar-refractivity contribution in [1.82, 2.24) is 9.88 Å². The number of amides is 1. The van der Waals surface area contributed by atoms with Crippen molar-refractivity contribution in [3.8, 4) is 5.75 Å². The molecule has 0 bridgehead atoms. The number of ether oxygens (including phenoxy) is 1. The number of anilines is 1. The number of carbonyl (C=O) groups excluding carboxylic acids is 1. The Morgan fingerprint density at radius 1 is 1.34 bits per heavy atom. The van der Waals surface area contributed by atoms with Crippen LogP contribution in [0.3, 0.4) is 0 Å². The van der Waals surface area contributed by atoms with Crippen molar-refractivity contribution >= 4 is 44.9 Å². The van der Waals surface area contributed by atoms with Crippen molar-refractivity contribution in [2.24, 2.45) is 5.92 Å². The Balaban J connectivity index is 1.43. The Morgan fingerprint density at radius 3 is 3.03 bits per heavy atom. The molecule has 1 atom stereocenters. The van der Waals surface area contributed by atoms with Crippen LogP contribution in [-0.4, -0.2) is 43.0 Å². The van der Waals surface area contributed by atoms with Gasteiger partial charge in [-0.15, -0.1) is 11.3 Å². The molecule has 1 N–H and O–H groups in total. The van der Waals surface area contributed by atoms with E-state index in [1.807, 2.05) is 36.4 Å². The Morgan fingerprint density at radius 2 is 2.21 bits per heavy atom. The fourth-order valence-electron chi connectivity index (χ4n) is 3.63. The molecule has 152 valence electrons. The molecule has 7 heteroatoms. The number of nitrogens with one attached hydrogen (secondary N) is 1. The first kappa shape index (κ1) is 20.2. The third-order valence-corrected chi connectivity index (χ3v) is 7.39. The molecule has 29 heavy (non-hydrogen) atoms. The van der Waals surface area contributed by atoms with Gasteiger partial charge in [-0.1, -0.05) is 30.0 Å². The first-order valence-electron chi connectivity index (χ1n) is 9.77. The van der Waals surface area contributed by atoms with E-state index < -0.39 is 0 Å². The molecule has 2 aromatic carbocycles. The standard InChI is InChI=1S/C22H25N3O2S2/c1-25-11-5-7-15(13-25)21(26)23-17-9-10-18-20(12-17)29-22(24-18)28-14-16-6-3-4-8-19(16)27-2/h3-4,6,8-10,12,15H,5,7,11,13-14H2,1-2H3,(H,23,26). The number of hydrogen-bond acceptors (Lipinski definition) is 6. The highest BCUT2D eigenvalue weighted by molar-refractivity contribution is 8.00. The summed E-state index contributed by atoms with van der Waals surface area (Å²) in [7, 11) is 3.77. The normalized spacial score (nSPS) is 17.4. The number of thiazole rings is 1. The second-order valence-corrected chi connectivity index (χ2v) is 9.61. The first-order valence-corrected chi connectivity index (χ1v) is 11.6. The predicted octanol–water partition coefficient (Wildman–Crippen LogP) is 4.88. The topological polar surface area (TPSA) is 54.5 Å². The van der Waals surface area contributed by atoms with E-state index in [9.17, 15) is 4.79 Å². The van der Waals surface area contributed by atoms with Crippen molar-refractivity contribution in [2.75, 3.05) is 32.6 Å². The molecule has 1 saturated heterocycles. The van der Waals surface area contributed by atoms with Gasteiger partial charge in [0, 0.05) is 23.5 Å². The van der Waals surface area contributed by atoms with E-state index >= 15 is 0 Å². The Hall–Kier alpha value is -2.09. The smallest absolute Gasteiger partial charge is 0.228 e. The highest BCUT2D eigenvalue weighted by Gasteiger charge is 2.24. The Bertz CT molecular complexity index is 1000. The molecule has 1 aromatic heterocycles. The number of aromatic nitrogens is 1. The Labute approximate surface area is 179 Å². The van der Waals surface area contributed by atoms with Gasteiger partial charge in [-0.3, -0.25) is 4.79 Å². The Kier molecular flexibility index (Phi) is 6.37. The van der Waals surface area contributed by atoms with Crippen LogP contribution in [0.5, 0.6) is 5.75 Å². The van der Waals surface area contributed by atoms with E-state index in [0.29, 0.717) is 0 Å². The summed E-state index contributed by atoms with van der Waals surface area (Å²) in [5, 5.41) is 3.10. The van der Waals surface area contributed by atoms with Crippen LogP contribution < -0.4 is 10.1 Å². The van der Waals surface area contributed by atoms with E-state index in [2.05, 4.69) is 23.3 Å². The third-order valence-electron chi connectivity index (χ3n) is 5.18. The van der Waals surface area contributed by atoms with Crippen LogP contribution in [0.4, 0.5) is 5.69 Å². The zero-order valence-electron chi connectivity index (χ0n) is 16.7. The zero-order chi connectivity index (χ0) is 20.2. The lowest BCUT2D eigenvalue weighted by molar-refractivity contribution is -0.121. The lowest BCUT2D eigenvalue weighted by atomic mass is 9.97. The highest BCUT2D eigenvalue weighted by atomic mass is 32.2. The molecule has 2 heterocycles. The second-order valence-electron chi connectivity index (χ2n) is 7.35. The summed E-state index contributed by atoms with van der Waals surface area (Å²) >= 11 is 3.36. The fourth-order valence-corrected chi connectivity index (χ4v) is 5.73. The summed E-state index contributed by atoms with van der Waals surface area (Å²) in [6, 6.07) is 14.0. The summed E-state index contributed by atoms with van der Waals surface area (Å²) in [6.45, 7) is 1.91. The van der Waals surface area contributed by atoms with Gasteiger partial charge in [-0.05, 0) is 50.7 Å². The summed E-state index contributed by atoms with van der Waals surface area (Å²) in [4.78, 5) is 19.6. The maximum absolute atomic E-state index is 12.6. The van der Waals surface area contributed by atoms with Crippen LogP contribution in [-0.2, 0) is 10.5 Å². The van der Waals surface area contributed by atoms with Crippen molar-refractivity contribution in [2.45, 2.75) is 22.9 Å². The number of thioether (sulfide) groups is 1. The number of para-hydroxylation sites is 1. The van der Waals surface area contributed by atoms with Gasteiger partial charge in [-0.25, -0.2) is 4.98 Å². The number of nitrogens with zero attached hydrogens (tertiary/aromatic N) is 2. The maximum Gasteiger partial charge on any atom is 0.228 e. The molecule has 0 spiro atoms. The molecule has 3 aromatic rings. The van der Waals surface area contributed by atoms with E-state index in [1.54, 1.807) is 30.2 Å². The molecule has 1 aliphatic heterocycles. The van der Waals surface area contributed by atoms with Gasteiger partial charge in [0.25, 0.3) is 0 Å². The van der Waals surface area contributed by atoms with Gasteiger partial charge in [0.05, 0.1) is 23.2 Å². The summed E-state index contributed by atoms with van der Waals surface area (Å²) in [5.41, 5.74) is 2.97. The summed E-state index contributed by atoms with van der Waals surface area (Å²) < 4.78 is 7.53. The zero-order valence-corrected chi connectivity index (χ0v) is 18.3. The van der Waals surface area contributed by atoms with E-state index in [0.717, 1.165) is 63.2 Å². The molecule has 1 amide bonds. The number of methoxy groups -OCH3 is 1. The number of carbonyl (C=O) groups is 1. The van der Waals surface area contributed by atoms with Crippen LogP contribution in [0.25, 0.3) is 10.2 Å². The minimum Gasteiger partial charge on any atom is -0.496 e. The SMILES string of the molecule is COc1ccccc1CSc1nc2ccc(NC(=O)C3CCCN(C)C3)cc2s1. The van der Waals surface area contributed by atoms with Crippen molar-refractivity contribution in [1.29, 1.82) is 0 Å². The van der Waals surface area contributed by atoms with Crippen molar-refractivity contribution in [3.05, 3.63) is 48.0 Å². The quantitative estimate of drug-likeness (QED) is 0.569. The van der Waals surface area contributed by atoms with Gasteiger partial charge in [0.1, 0.15) is 5.75 Å². The van der Waals surface area contributed by atoms with Crippen LogP contribution in [0.15, 0.2) is 46.8 Å². The fraction of sp³-hybridized carbons (Fsp3) is 0.364. The second kappa shape index (κ2) is 9.15. The largest absolute Gasteiger partial charge is 0.496 e. The van der Waals surface area contributed by atoms with Crippen LogP contribution in [0.1, 0.15) is 18.4 Å². The van der Waals surface area contributed by atoms with Gasteiger partial charge in [-0.2, -0.15) is 0 Å². The average Bonchev–Trinajstić information content (AvgIpc) is 3.14. The third kappa shape index (κ3) is 4.91. The number of likely N-dealkylation sites (tertiary alicyclic amines) is 1. The van der Waals surface area contributed by atoms with E-state index in [4.69, 9.17) is 9.72 Å². The molecule has 1 aliphatic rings. The first-order chi connectivity index (χ1) is 14.1. The van der Waals surface area contributed by atoms with Gasteiger partial charge >= 0.3 is 0 Å². The number of hydrogen-bond donors (Lipinski definition) is 1. The summed E-state index contributed by atoms with van der Waals surface area (Å²) in [5.74, 6) is 1.89. The van der Waals surface area contributed by atoms with Crippen LogP contribution >= 0.6 is 23.1 Å². The van der Waals surface area contributed by atoms with Gasteiger partial charge in [0.15, 0.2) is 4.34 Å². The number of piperidine rings is 1. The van der Waals surface area contributed by atoms with Gasteiger partial charge < -0.3 is 15.0 Å². The van der Waals surface area contributed by atoms with Crippen molar-refractivity contribution in [3.63, 3.8) is 0 Å². The lowest BCUT2D eigenvalue weighted by Gasteiger charge is -2.28. The van der Waals surface area contributed by atoms with Crippen molar-refractivity contribution < 1.29 is 9.53 Å². The average molecular weight is 428 g/mol. The number of fused-ring (bicyclic) bond motifs is 1. The molecule has 4 rings (SSSR count). The van der Waals surface area contributed by atoms with Crippen LogP contribution in [0.2, 0.25) is 0 Å². The highest BCUT2D eigenvalue weighted by Crippen LogP contribution is 2.34. The van der Waals surface area contributed by atoms with E-state index in [-0.39, 0.29) is 11.8 Å². The molecular weight excluding hydrogens is 402 g/mol. The molecular formula is C22H25N3O2S2. The number of rotatable bonds is 6. The molecule has 1 fully saturated rings. The minimum absolute atomic E-state index is 0.0675. The molecule has 0 radical (unpaired) electrons. The monoisotopic (exact) mass is 427 g/mol. The minimum atomic E-state index is 0.0675. The molecule has 1 unspecified atom stereocenters. The summed E-state index contributed by atoms with van der Waals surface area (Å²) in [6.07, 6.45) is 2.04. The van der Waals surface area contributed by atoms with Crippen LogP contribution in [0, 0.1) is 5.92 Å². The maximum atomic E-state index is 12.6. The molecule has 0 saturated carbocycles. The van der Waals surface area contributed by atoms with E-state index in [1.165, 1.54) is 0 Å². The van der Waals surface area contributed by atoms with Gasteiger partial charge in [0.2, 0.25) is 5.91 Å². The predicted molar refractivity (Wildman–Crippen MR) is 121 cm³/mol. The molecule has 0 aliphatic carbocycles. The number of benzene rings is 2.